The first-order chi connectivity index (χ1) is 11.7. The number of halogens is 4. The van der Waals surface area contributed by atoms with E-state index in [1.165, 1.54) is 7.05 Å². The van der Waals surface area contributed by atoms with Crippen molar-refractivity contribution in [3.8, 4) is 0 Å². The zero-order valence-corrected chi connectivity index (χ0v) is 12.7. The molecule has 0 fully saturated rings. The van der Waals surface area contributed by atoms with Crippen LogP contribution in [-0.2, 0) is 4.79 Å². The number of nitrogens with one attached hydrogen (secondary N) is 1. The highest BCUT2D eigenvalue weighted by Crippen LogP contribution is 2.28. The lowest BCUT2D eigenvalue weighted by atomic mass is 10.2. The third-order valence-electron chi connectivity index (χ3n) is 3.24. The standard InChI is InChI=1S/C15H11F4N3O3/c1-21(11-5-2-8(16)6-12(11)22(24)25)7-13(23)20-10-4-3-9(17)14(18)15(10)19/h2-6H,7H2,1H3,(H,20,23). The fraction of sp³-hybridized carbons (Fsp3) is 0.133. The Bertz CT molecular complexity index is 845. The number of hydrogen-bond acceptors (Lipinski definition) is 4. The maximum Gasteiger partial charge on any atom is 0.295 e. The fourth-order valence-corrected chi connectivity index (χ4v) is 2.08. The molecule has 0 unspecified atom stereocenters. The lowest BCUT2D eigenvalue weighted by molar-refractivity contribution is -0.384. The molecule has 6 nitrogen and oxygen atoms in total. The second kappa shape index (κ2) is 7.16. The van der Waals surface area contributed by atoms with Crippen LogP contribution in [0.25, 0.3) is 0 Å². The highest BCUT2D eigenvalue weighted by Gasteiger charge is 2.21. The van der Waals surface area contributed by atoms with E-state index in [2.05, 4.69) is 0 Å². The minimum absolute atomic E-state index is 0.0488. The largest absolute Gasteiger partial charge is 0.360 e. The Kier molecular flexibility index (Phi) is 5.20. The molecule has 1 N–H and O–H groups in total. The SMILES string of the molecule is CN(CC(=O)Nc1ccc(F)c(F)c1F)c1ccc(F)cc1[N+](=O)[O-]. The van der Waals surface area contributed by atoms with Gasteiger partial charge in [0, 0.05) is 7.05 Å². The van der Waals surface area contributed by atoms with Crippen LogP contribution in [0.4, 0.5) is 34.6 Å². The van der Waals surface area contributed by atoms with Gasteiger partial charge in [0.05, 0.1) is 23.2 Å². The molecule has 2 aromatic carbocycles. The van der Waals surface area contributed by atoms with Crippen LogP contribution >= 0.6 is 0 Å². The van der Waals surface area contributed by atoms with Gasteiger partial charge in [-0.15, -0.1) is 0 Å². The van der Waals surface area contributed by atoms with Gasteiger partial charge in [0.2, 0.25) is 5.91 Å². The normalized spacial score (nSPS) is 10.4. The molecular formula is C15H11F4N3O3. The number of anilines is 2. The molecule has 0 bridgehead atoms. The van der Waals surface area contributed by atoms with E-state index in [-0.39, 0.29) is 5.69 Å². The van der Waals surface area contributed by atoms with Crippen LogP contribution in [0.15, 0.2) is 30.3 Å². The predicted molar refractivity (Wildman–Crippen MR) is 81.3 cm³/mol. The van der Waals surface area contributed by atoms with Crippen molar-refractivity contribution in [1.82, 2.24) is 0 Å². The monoisotopic (exact) mass is 357 g/mol. The topological polar surface area (TPSA) is 75.5 Å². The minimum atomic E-state index is -1.74. The van der Waals surface area contributed by atoms with Crippen molar-refractivity contribution in [2.75, 3.05) is 23.8 Å². The summed E-state index contributed by atoms with van der Waals surface area (Å²) in [7, 11) is 1.32. The zero-order chi connectivity index (χ0) is 18.7. The van der Waals surface area contributed by atoms with Crippen LogP contribution < -0.4 is 10.2 Å². The van der Waals surface area contributed by atoms with E-state index in [0.717, 1.165) is 23.1 Å². The Morgan fingerprint density at radius 1 is 1.16 bits per heavy atom. The van der Waals surface area contributed by atoms with Crippen molar-refractivity contribution >= 4 is 23.0 Å². The van der Waals surface area contributed by atoms with E-state index < -0.39 is 52.0 Å². The van der Waals surface area contributed by atoms with Gasteiger partial charge in [0.1, 0.15) is 11.5 Å². The Labute approximate surface area is 138 Å². The zero-order valence-electron chi connectivity index (χ0n) is 12.7. The van der Waals surface area contributed by atoms with Gasteiger partial charge in [0.15, 0.2) is 17.5 Å². The molecule has 10 heteroatoms. The maximum absolute atomic E-state index is 13.5. The Hall–Kier alpha value is -3.17. The predicted octanol–water partition coefficient (Wildman–Crippen LogP) is 3.23. The summed E-state index contributed by atoms with van der Waals surface area (Å²) >= 11 is 0. The van der Waals surface area contributed by atoms with Gasteiger partial charge < -0.3 is 10.2 Å². The van der Waals surface area contributed by atoms with E-state index in [4.69, 9.17) is 0 Å². The summed E-state index contributed by atoms with van der Waals surface area (Å²) in [4.78, 5) is 23.2. The number of nitro benzene ring substituents is 1. The molecule has 0 aliphatic carbocycles. The number of nitrogens with zero attached hydrogens (tertiary/aromatic N) is 2. The van der Waals surface area contributed by atoms with Crippen molar-refractivity contribution in [2.45, 2.75) is 0 Å². The Balaban J connectivity index is 2.16. The minimum Gasteiger partial charge on any atom is -0.360 e. The molecule has 0 heterocycles. The van der Waals surface area contributed by atoms with Crippen LogP contribution in [0, 0.1) is 33.4 Å². The summed E-state index contributed by atoms with van der Waals surface area (Å²) in [5, 5.41) is 13.0. The van der Waals surface area contributed by atoms with Crippen LogP contribution in [0.5, 0.6) is 0 Å². The molecule has 1 amide bonds. The number of carbonyl (C=O) groups excluding carboxylic acids is 1. The van der Waals surface area contributed by atoms with E-state index >= 15 is 0 Å². The van der Waals surface area contributed by atoms with Gasteiger partial charge in [-0.2, -0.15) is 0 Å². The van der Waals surface area contributed by atoms with Gasteiger partial charge in [-0.05, 0) is 24.3 Å². The molecular weight excluding hydrogens is 346 g/mol. The number of rotatable bonds is 5. The van der Waals surface area contributed by atoms with Crippen molar-refractivity contribution in [1.29, 1.82) is 0 Å². The third-order valence-corrected chi connectivity index (χ3v) is 3.24. The van der Waals surface area contributed by atoms with Crippen LogP contribution in [-0.4, -0.2) is 24.4 Å². The first kappa shape index (κ1) is 18.2. The molecule has 132 valence electrons. The average Bonchev–Trinajstić information content (AvgIpc) is 2.55. The number of nitro groups is 1. The molecule has 0 radical (unpaired) electrons. The number of carbonyl (C=O) groups is 1. The second-order valence-electron chi connectivity index (χ2n) is 5.02. The van der Waals surface area contributed by atoms with Crippen molar-refractivity contribution in [3.05, 3.63) is 63.7 Å². The van der Waals surface area contributed by atoms with Gasteiger partial charge in [0.25, 0.3) is 5.69 Å². The number of amides is 1. The van der Waals surface area contributed by atoms with E-state index in [9.17, 15) is 32.5 Å². The summed E-state index contributed by atoms with van der Waals surface area (Å²) < 4.78 is 52.6. The van der Waals surface area contributed by atoms with Gasteiger partial charge in [-0.25, -0.2) is 17.6 Å². The van der Waals surface area contributed by atoms with Crippen molar-refractivity contribution < 1.29 is 27.3 Å². The molecule has 2 rings (SSSR count). The summed E-state index contributed by atoms with van der Waals surface area (Å²) in [5.41, 5.74) is -1.19. The first-order valence-corrected chi connectivity index (χ1v) is 6.79. The number of benzene rings is 2. The first-order valence-electron chi connectivity index (χ1n) is 6.79. The second-order valence-corrected chi connectivity index (χ2v) is 5.02. The lowest BCUT2D eigenvalue weighted by Crippen LogP contribution is -2.30. The molecule has 25 heavy (non-hydrogen) atoms. The fourth-order valence-electron chi connectivity index (χ4n) is 2.08. The maximum atomic E-state index is 13.5. The third kappa shape index (κ3) is 4.03. The van der Waals surface area contributed by atoms with E-state index in [0.29, 0.717) is 12.1 Å². The Morgan fingerprint density at radius 3 is 2.48 bits per heavy atom. The van der Waals surface area contributed by atoms with E-state index in [1.807, 2.05) is 5.32 Å². The smallest absolute Gasteiger partial charge is 0.295 e. The highest BCUT2D eigenvalue weighted by molar-refractivity contribution is 5.94. The molecule has 0 saturated carbocycles. The van der Waals surface area contributed by atoms with Crippen LogP contribution in [0.2, 0.25) is 0 Å². The summed E-state index contributed by atoms with van der Waals surface area (Å²) in [5.74, 6) is -6.37. The summed E-state index contributed by atoms with van der Waals surface area (Å²) in [6, 6.07) is 4.26. The molecule has 0 aliphatic rings. The molecule has 0 spiro atoms. The molecule has 0 saturated heterocycles. The quantitative estimate of drug-likeness (QED) is 0.386. The summed E-state index contributed by atoms with van der Waals surface area (Å²) in [6.07, 6.45) is 0. The van der Waals surface area contributed by atoms with E-state index in [1.54, 1.807) is 0 Å². The lowest BCUT2D eigenvalue weighted by Gasteiger charge is -2.18. The highest BCUT2D eigenvalue weighted by atomic mass is 19.2. The van der Waals surface area contributed by atoms with Crippen molar-refractivity contribution in [2.24, 2.45) is 0 Å². The molecule has 2 aromatic rings. The summed E-state index contributed by atoms with van der Waals surface area (Å²) in [6.45, 7) is -0.481. The molecule has 0 aromatic heterocycles. The van der Waals surface area contributed by atoms with Gasteiger partial charge in [-0.1, -0.05) is 0 Å². The molecule has 0 atom stereocenters. The number of likely N-dealkylation sites (N-methyl/N-ethyl adjacent to an activating group) is 1. The van der Waals surface area contributed by atoms with Crippen molar-refractivity contribution in [3.63, 3.8) is 0 Å². The average molecular weight is 357 g/mol. The number of hydrogen-bond donors (Lipinski definition) is 1. The van der Waals surface area contributed by atoms with Crippen LogP contribution in [0.3, 0.4) is 0 Å². The van der Waals surface area contributed by atoms with Gasteiger partial charge >= 0.3 is 0 Å². The Morgan fingerprint density at radius 2 is 1.84 bits per heavy atom. The van der Waals surface area contributed by atoms with Crippen LogP contribution in [0.1, 0.15) is 0 Å². The molecule has 0 aliphatic heterocycles. The van der Waals surface area contributed by atoms with Gasteiger partial charge in [-0.3, -0.25) is 14.9 Å².